The summed E-state index contributed by atoms with van der Waals surface area (Å²) in [5, 5.41) is 0. The van der Waals surface area contributed by atoms with E-state index in [0.29, 0.717) is 12.5 Å². The van der Waals surface area contributed by atoms with Gasteiger partial charge in [-0.25, -0.2) is 0 Å². The number of carbonyl (C=O) groups is 1. The Bertz CT molecular complexity index is 138. The third-order valence-electron chi connectivity index (χ3n) is 2.07. The third kappa shape index (κ3) is 3.48. The topological polar surface area (TPSA) is 20.3 Å². The average molecular weight is 189 g/mol. The molecule has 0 aromatic rings. The van der Waals surface area contributed by atoms with E-state index in [4.69, 9.17) is 0 Å². The lowest BCUT2D eigenvalue weighted by molar-refractivity contribution is -0.131. The van der Waals surface area contributed by atoms with Crippen molar-refractivity contribution in [3.63, 3.8) is 0 Å². The molecule has 0 heterocycles. The fraction of sp³-hybridized carbons (Fsp3) is 0.889. The van der Waals surface area contributed by atoms with E-state index in [9.17, 15) is 4.79 Å². The Balaban J connectivity index is 4.00. The molecule has 0 aliphatic heterocycles. The third-order valence-corrected chi connectivity index (χ3v) is 2.79. The highest BCUT2D eigenvalue weighted by atomic mass is 32.2. The van der Waals surface area contributed by atoms with Gasteiger partial charge in [-0.05, 0) is 12.7 Å². The summed E-state index contributed by atoms with van der Waals surface area (Å²) in [5.41, 5.74) is 0. The first-order valence-corrected chi connectivity index (χ1v) is 5.81. The molecule has 0 saturated heterocycles. The summed E-state index contributed by atoms with van der Waals surface area (Å²) in [6.07, 6.45) is 3.73. The fourth-order valence-electron chi connectivity index (χ4n) is 1.15. The van der Waals surface area contributed by atoms with Gasteiger partial charge < -0.3 is 4.90 Å². The second-order valence-electron chi connectivity index (χ2n) is 2.88. The molecule has 0 bridgehead atoms. The van der Waals surface area contributed by atoms with Crippen LogP contribution in [-0.2, 0) is 4.79 Å². The Labute approximate surface area is 79.7 Å². The number of hydrogen-bond acceptors (Lipinski definition) is 2. The molecule has 1 unspecified atom stereocenters. The van der Waals surface area contributed by atoms with Crippen LogP contribution >= 0.6 is 11.8 Å². The van der Waals surface area contributed by atoms with E-state index < -0.39 is 0 Å². The summed E-state index contributed by atoms with van der Waals surface area (Å²) >= 11 is 1.80. The highest BCUT2D eigenvalue weighted by Gasteiger charge is 2.15. The van der Waals surface area contributed by atoms with Gasteiger partial charge in [-0.3, -0.25) is 4.79 Å². The van der Waals surface area contributed by atoms with Gasteiger partial charge in [0.15, 0.2) is 0 Å². The van der Waals surface area contributed by atoms with Crippen molar-refractivity contribution in [2.24, 2.45) is 0 Å². The lowest BCUT2D eigenvalue weighted by Gasteiger charge is -2.26. The number of hydrogen-bond donors (Lipinski definition) is 0. The molecule has 0 N–H and O–H groups in total. The molecule has 1 amide bonds. The quantitative estimate of drug-likeness (QED) is 0.659. The maximum Gasteiger partial charge on any atom is 0.222 e. The van der Waals surface area contributed by atoms with Crippen LogP contribution in [0, 0.1) is 0 Å². The molecule has 0 fully saturated rings. The summed E-state index contributed by atoms with van der Waals surface area (Å²) in [7, 11) is 1.90. The van der Waals surface area contributed by atoms with Crippen LogP contribution in [0.4, 0.5) is 0 Å². The number of rotatable bonds is 5. The zero-order valence-corrected chi connectivity index (χ0v) is 9.28. The molecule has 0 radical (unpaired) electrons. The van der Waals surface area contributed by atoms with Crippen molar-refractivity contribution in [3.05, 3.63) is 0 Å². The van der Waals surface area contributed by atoms with E-state index in [2.05, 4.69) is 13.2 Å². The molecule has 0 saturated carbocycles. The molecule has 12 heavy (non-hydrogen) atoms. The van der Waals surface area contributed by atoms with Crippen LogP contribution in [0.1, 0.15) is 26.7 Å². The first-order valence-electron chi connectivity index (χ1n) is 4.41. The average Bonchev–Trinajstić information content (AvgIpc) is 2.11. The molecule has 0 rings (SSSR count). The van der Waals surface area contributed by atoms with E-state index in [1.807, 2.05) is 18.9 Å². The predicted molar refractivity (Wildman–Crippen MR) is 55.5 cm³/mol. The van der Waals surface area contributed by atoms with Crippen LogP contribution in [0.2, 0.25) is 0 Å². The minimum Gasteiger partial charge on any atom is -0.342 e. The number of carbonyl (C=O) groups excluding carboxylic acids is 1. The number of nitrogens with zero attached hydrogens (tertiary/aromatic N) is 1. The molecule has 0 spiro atoms. The van der Waals surface area contributed by atoms with Crippen molar-refractivity contribution in [1.29, 1.82) is 0 Å². The van der Waals surface area contributed by atoms with Crippen LogP contribution in [-0.4, -0.2) is 35.9 Å². The van der Waals surface area contributed by atoms with Gasteiger partial charge >= 0.3 is 0 Å². The van der Waals surface area contributed by atoms with Crippen LogP contribution in [0.5, 0.6) is 0 Å². The summed E-state index contributed by atoms with van der Waals surface area (Å²) < 4.78 is 0. The second-order valence-corrected chi connectivity index (χ2v) is 3.79. The first kappa shape index (κ1) is 11.8. The summed E-state index contributed by atoms with van der Waals surface area (Å²) in [6.45, 7) is 4.03. The Morgan fingerprint density at radius 1 is 1.50 bits per heavy atom. The molecule has 0 aliphatic carbocycles. The number of thioether (sulfide) groups is 1. The summed E-state index contributed by atoms with van der Waals surface area (Å²) in [5.74, 6) is 1.29. The molecule has 0 aliphatic rings. The number of amides is 1. The smallest absolute Gasteiger partial charge is 0.222 e. The standard InChI is InChI=1S/C9H19NOS/c1-5-8(7-12-4)10(3)9(11)6-2/h8H,5-7H2,1-4H3. The minimum absolute atomic E-state index is 0.246. The van der Waals surface area contributed by atoms with Crippen molar-refractivity contribution in [2.45, 2.75) is 32.7 Å². The van der Waals surface area contributed by atoms with Crippen molar-refractivity contribution < 1.29 is 4.79 Å². The SMILES string of the molecule is CCC(=O)N(C)C(CC)CSC. The highest BCUT2D eigenvalue weighted by molar-refractivity contribution is 7.98. The van der Waals surface area contributed by atoms with E-state index in [-0.39, 0.29) is 5.91 Å². The van der Waals surface area contributed by atoms with Gasteiger partial charge in [-0.1, -0.05) is 13.8 Å². The fourth-order valence-corrected chi connectivity index (χ4v) is 1.99. The molecule has 2 nitrogen and oxygen atoms in total. The normalized spacial score (nSPS) is 12.7. The zero-order chi connectivity index (χ0) is 9.56. The van der Waals surface area contributed by atoms with Crippen LogP contribution in [0.25, 0.3) is 0 Å². The molecule has 72 valence electrons. The van der Waals surface area contributed by atoms with Crippen LogP contribution in [0.15, 0.2) is 0 Å². The maximum absolute atomic E-state index is 11.3. The van der Waals surface area contributed by atoms with Crippen molar-refractivity contribution >= 4 is 17.7 Å². The van der Waals surface area contributed by atoms with Crippen molar-refractivity contribution in [2.75, 3.05) is 19.1 Å². The highest BCUT2D eigenvalue weighted by Crippen LogP contribution is 2.09. The minimum atomic E-state index is 0.246. The van der Waals surface area contributed by atoms with E-state index >= 15 is 0 Å². The van der Waals surface area contributed by atoms with Crippen molar-refractivity contribution in [1.82, 2.24) is 4.90 Å². The van der Waals surface area contributed by atoms with Gasteiger partial charge in [0.25, 0.3) is 0 Å². The maximum atomic E-state index is 11.3. The molecular formula is C9H19NOS. The van der Waals surface area contributed by atoms with Gasteiger partial charge in [0.2, 0.25) is 5.91 Å². The van der Waals surface area contributed by atoms with Gasteiger partial charge in [0.1, 0.15) is 0 Å². The molecule has 0 aromatic carbocycles. The Kier molecular flexibility index (Phi) is 6.25. The molecule has 0 aromatic heterocycles. The van der Waals surface area contributed by atoms with E-state index in [1.165, 1.54) is 0 Å². The van der Waals surface area contributed by atoms with Gasteiger partial charge in [-0.2, -0.15) is 11.8 Å². The summed E-state index contributed by atoms with van der Waals surface area (Å²) in [4.78, 5) is 13.2. The van der Waals surface area contributed by atoms with Crippen LogP contribution < -0.4 is 0 Å². The van der Waals surface area contributed by atoms with Gasteiger partial charge in [0.05, 0.1) is 0 Å². The Morgan fingerprint density at radius 2 is 2.08 bits per heavy atom. The van der Waals surface area contributed by atoms with Crippen LogP contribution in [0.3, 0.4) is 0 Å². The molecular weight excluding hydrogens is 170 g/mol. The predicted octanol–water partition coefficient (Wildman–Crippen LogP) is 2.00. The largest absolute Gasteiger partial charge is 0.342 e. The van der Waals surface area contributed by atoms with Gasteiger partial charge in [-0.15, -0.1) is 0 Å². The molecule has 1 atom stereocenters. The van der Waals surface area contributed by atoms with E-state index in [0.717, 1.165) is 12.2 Å². The summed E-state index contributed by atoms with van der Waals surface area (Å²) in [6, 6.07) is 0.410. The lowest BCUT2D eigenvalue weighted by Crippen LogP contribution is -2.37. The second kappa shape index (κ2) is 6.35. The van der Waals surface area contributed by atoms with E-state index in [1.54, 1.807) is 11.8 Å². The zero-order valence-electron chi connectivity index (χ0n) is 8.46. The molecule has 3 heteroatoms. The van der Waals surface area contributed by atoms with Gasteiger partial charge in [0, 0.05) is 25.3 Å². The monoisotopic (exact) mass is 189 g/mol. The first-order chi connectivity index (χ1) is 5.67. The Hall–Kier alpha value is -0.180. The Morgan fingerprint density at radius 3 is 2.42 bits per heavy atom. The van der Waals surface area contributed by atoms with Crippen molar-refractivity contribution in [3.8, 4) is 0 Å². The lowest BCUT2D eigenvalue weighted by atomic mass is 10.2.